The Hall–Kier alpha value is -3.23. The number of anilines is 1. The van der Waals surface area contributed by atoms with E-state index in [-0.39, 0.29) is 24.0 Å². The maximum atomic E-state index is 12.9. The largest absolute Gasteiger partial charge is 0.506 e. The second-order valence-electron chi connectivity index (χ2n) is 6.75. The van der Waals surface area contributed by atoms with Gasteiger partial charge in [0.15, 0.2) is 0 Å². The number of carboxylic acids is 1. The van der Waals surface area contributed by atoms with Gasteiger partial charge in [0.1, 0.15) is 23.7 Å². The van der Waals surface area contributed by atoms with E-state index < -0.39 is 29.0 Å². The van der Waals surface area contributed by atoms with E-state index >= 15 is 0 Å². The fraction of sp³-hybridized carbons (Fsp3) is 0.300. The van der Waals surface area contributed by atoms with E-state index in [4.69, 9.17) is 4.74 Å². The van der Waals surface area contributed by atoms with Gasteiger partial charge in [0, 0.05) is 24.2 Å². The fourth-order valence-electron chi connectivity index (χ4n) is 2.88. The van der Waals surface area contributed by atoms with Crippen molar-refractivity contribution in [1.29, 1.82) is 0 Å². The van der Waals surface area contributed by atoms with Gasteiger partial charge < -0.3 is 19.8 Å². The fourth-order valence-corrected chi connectivity index (χ4v) is 2.88. The molecule has 0 spiro atoms. The van der Waals surface area contributed by atoms with Crippen LogP contribution in [0.25, 0.3) is 0 Å². The van der Waals surface area contributed by atoms with Crippen LogP contribution in [0.5, 0.6) is 11.5 Å². The standard InChI is InChI=1S/C20H18F3NO5/c1-24(18(26)11-2-3-11)13-5-7-14(8-6-13)29-10-12-4-9-15(20(21,22)23)17(25)16(12)19(27)28/h4-9,11,25H,2-3,10H2,1H3,(H,27,28). The number of rotatable bonds is 6. The molecule has 1 saturated carbocycles. The quantitative estimate of drug-likeness (QED) is 0.751. The minimum absolute atomic E-state index is 0.0324. The van der Waals surface area contributed by atoms with E-state index in [2.05, 4.69) is 0 Å². The number of ether oxygens (including phenoxy) is 1. The Morgan fingerprint density at radius 3 is 2.28 bits per heavy atom. The van der Waals surface area contributed by atoms with Crippen LogP contribution in [-0.4, -0.2) is 29.1 Å². The third-order valence-electron chi connectivity index (χ3n) is 4.66. The molecule has 0 bridgehead atoms. The van der Waals surface area contributed by atoms with Crippen molar-refractivity contribution in [2.45, 2.75) is 25.6 Å². The number of benzene rings is 2. The highest BCUT2D eigenvalue weighted by molar-refractivity contribution is 5.96. The number of carbonyl (C=O) groups excluding carboxylic acids is 1. The number of alkyl halides is 3. The van der Waals surface area contributed by atoms with Gasteiger partial charge in [0.05, 0.1) is 5.56 Å². The number of hydrogen-bond donors (Lipinski definition) is 2. The number of phenols is 1. The third kappa shape index (κ3) is 4.44. The molecule has 29 heavy (non-hydrogen) atoms. The molecule has 0 radical (unpaired) electrons. The first-order valence-electron chi connectivity index (χ1n) is 8.75. The predicted molar refractivity (Wildman–Crippen MR) is 97.0 cm³/mol. The average molecular weight is 409 g/mol. The molecule has 1 fully saturated rings. The zero-order valence-electron chi connectivity index (χ0n) is 15.4. The lowest BCUT2D eigenvalue weighted by atomic mass is 10.0. The molecule has 0 saturated heterocycles. The van der Waals surface area contributed by atoms with Gasteiger partial charge in [0.25, 0.3) is 0 Å². The van der Waals surface area contributed by atoms with Crippen LogP contribution in [0.3, 0.4) is 0 Å². The number of carbonyl (C=O) groups is 2. The number of aromatic hydroxyl groups is 1. The van der Waals surface area contributed by atoms with Crippen LogP contribution in [0.15, 0.2) is 36.4 Å². The van der Waals surface area contributed by atoms with E-state index in [9.17, 15) is 33.0 Å². The van der Waals surface area contributed by atoms with E-state index in [1.807, 2.05) is 0 Å². The lowest BCUT2D eigenvalue weighted by Crippen LogP contribution is -2.27. The van der Waals surface area contributed by atoms with Gasteiger partial charge in [-0.3, -0.25) is 4.79 Å². The summed E-state index contributed by atoms with van der Waals surface area (Å²) in [6.07, 6.45) is -3.11. The van der Waals surface area contributed by atoms with Crippen molar-refractivity contribution < 1.29 is 37.7 Å². The highest BCUT2D eigenvalue weighted by atomic mass is 19.4. The molecule has 6 nitrogen and oxygen atoms in total. The Balaban J connectivity index is 1.75. The first-order valence-corrected chi connectivity index (χ1v) is 8.75. The maximum absolute atomic E-state index is 12.9. The molecule has 2 aromatic carbocycles. The molecule has 2 aromatic rings. The molecule has 1 amide bonds. The van der Waals surface area contributed by atoms with Gasteiger partial charge in [-0.2, -0.15) is 13.2 Å². The third-order valence-corrected chi connectivity index (χ3v) is 4.66. The van der Waals surface area contributed by atoms with Gasteiger partial charge in [0.2, 0.25) is 5.91 Å². The van der Waals surface area contributed by atoms with Crippen LogP contribution in [0.2, 0.25) is 0 Å². The molecule has 0 heterocycles. The summed E-state index contributed by atoms with van der Waals surface area (Å²) in [5.41, 5.74) is -1.72. The summed E-state index contributed by atoms with van der Waals surface area (Å²) in [5, 5.41) is 19.0. The number of carboxylic acid groups (broad SMARTS) is 1. The number of hydrogen-bond acceptors (Lipinski definition) is 4. The minimum Gasteiger partial charge on any atom is -0.506 e. The van der Waals surface area contributed by atoms with Crippen molar-refractivity contribution in [2.24, 2.45) is 5.92 Å². The first kappa shape index (κ1) is 20.5. The molecule has 2 N–H and O–H groups in total. The first-order chi connectivity index (χ1) is 13.6. The highest BCUT2D eigenvalue weighted by Gasteiger charge is 2.36. The van der Waals surface area contributed by atoms with E-state index in [0.717, 1.165) is 18.9 Å². The summed E-state index contributed by atoms with van der Waals surface area (Å²) < 4.78 is 44.1. The Morgan fingerprint density at radius 1 is 1.14 bits per heavy atom. The smallest absolute Gasteiger partial charge is 0.419 e. The van der Waals surface area contributed by atoms with Crippen LogP contribution < -0.4 is 9.64 Å². The normalized spacial score (nSPS) is 13.8. The van der Waals surface area contributed by atoms with Crippen molar-refractivity contribution in [3.05, 3.63) is 53.1 Å². The van der Waals surface area contributed by atoms with Crippen LogP contribution in [0.1, 0.15) is 34.3 Å². The second kappa shape index (κ2) is 7.65. The lowest BCUT2D eigenvalue weighted by molar-refractivity contribution is -0.138. The van der Waals surface area contributed by atoms with E-state index in [1.54, 1.807) is 31.3 Å². The Morgan fingerprint density at radius 2 is 1.76 bits per heavy atom. The van der Waals surface area contributed by atoms with Crippen molar-refractivity contribution in [3.8, 4) is 11.5 Å². The molecular weight excluding hydrogens is 391 g/mol. The monoisotopic (exact) mass is 409 g/mol. The zero-order valence-corrected chi connectivity index (χ0v) is 15.4. The molecule has 1 aliphatic carbocycles. The van der Waals surface area contributed by atoms with Crippen molar-refractivity contribution in [2.75, 3.05) is 11.9 Å². The van der Waals surface area contributed by atoms with Crippen LogP contribution >= 0.6 is 0 Å². The van der Waals surface area contributed by atoms with E-state index in [0.29, 0.717) is 17.5 Å². The van der Waals surface area contributed by atoms with Crippen molar-refractivity contribution >= 4 is 17.6 Å². The lowest BCUT2D eigenvalue weighted by Gasteiger charge is -2.18. The summed E-state index contributed by atoms with van der Waals surface area (Å²) in [6.45, 7) is -0.358. The number of halogens is 3. The molecule has 154 valence electrons. The zero-order chi connectivity index (χ0) is 21.3. The van der Waals surface area contributed by atoms with Gasteiger partial charge >= 0.3 is 12.1 Å². The molecule has 0 atom stereocenters. The topological polar surface area (TPSA) is 87.1 Å². The maximum Gasteiger partial charge on any atom is 0.419 e. The van der Waals surface area contributed by atoms with Gasteiger partial charge in [-0.05, 0) is 43.2 Å². The van der Waals surface area contributed by atoms with E-state index in [1.165, 1.54) is 4.90 Å². The Bertz CT molecular complexity index is 936. The summed E-state index contributed by atoms with van der Waals surface area (Å²) in [4.78, 5) is 25.0. The summed E-state index contributed by atoms with van der Waals surface area (Å²) in [5.74, 6) is -2.61. The predicted octanol–water partition coefficient (Wildman–Crippen LogP) is 4.06. The van der Waals surface area contributed by atoms with Crippen molar-refractivity contribution in [3.63, 3.8) is 0 Å². The molecule has 9 heteroatoms. The summed E-state index contributed by atoms with van der Waals surface area (Å²) in [7, 11) is 1.67. The Labute approximate surface area is 164 Å². The van der Waals surface area contributed by atoms with Gasteiger partial charge in [-0.15, -0.1) is 0 Å². The molecule has 0 aliphatic heterocycles. The van der Waals surface area contributed by atoms with Gasteiger partial charge in [-0.25, -0.2) is 4.79 Å². The van der Waals surface area contributed by atoms with Crippen LogP contribution in [0.4, 0.5) is 18.9 Å². The number of amides is 1. The van der Waals surface area contributed by atoms with Crippen LogP contribution in [-0.2, 0) is 17.6 Å². The summed E-state index contributed by atoms with van der Waals surface area (Å²) in [6, 6.07) is 8.01. The Kier molecular flexibility index (Phi) is 5.41. The highest BCUT2D eigenvalue weighted by Crippen LogP contribution is 2.39. The SMILES string of the molecule is CN(C(=O)C1CC1)c1ccc(OCc2ccc(C(F)(F)F)c(O)c2C(=O)O)cc1. The average Bonchev–Trinajstić information content (AvgIpc) is 3.49. The molecule has 1 aliphatic rings. The molecular formula is C20H18F3NO5. The van der Waals surface area contributed by atoms with Crippen molar-refractivity contribution in [1.82, 2.24) is 0 Å². The minimum atomic E-state index is -4.88. The number of nitrogens with zero attached hydrogens (tertiary/aromatic N) is 1. The molecule has 0 unspecified atom stereocenters. The van der Waals surface area contributed by atoms with Crippen LogP contribution in [0, 0.1) is 5.92 Å². The number of aromatic carboxylic acids is 1. The summed E-state index contributed by atoms with van der Waals surface area (Å²) >= 11 is 0. The second-order valence-corrected chi connectivity index (χ2v) is 6.75. The molecule has 3 rings (SSSR count). The van der Waals surface area contributed by atoms with Gasteiger partial charge in [-0.1, -0.05) is 6.07 Å². The molecule has 0 aromatic heterocycles.